The molecule has 7 atom stereocenters. The lowest BCUT2D eigenvalue weighted by atomic mass is 9.34. The molecule has 4 bridgehead atoms. The van der Waals surface area contributed by atoms with Gasteiger partial charge < -0.3 is 19.9 Å². The fraction of sp³-hybridized carbons (Fsp3) is 0.760. The van der Waals surface area contributed by atoms with Crippen LogP contribution in [-0.2, 0) is 16.6 Å². The molecular weight excluding hydrogens is 362 g/mol. The van der Waals surface area contributed by atoms with Crippen molar-refractivity contribution in [1.29, 1.82) is 0 Å². The highest BCUT2D eigenvalue weighted by molar-refractivity contribution is 5.63. The number of aromatic hydroxyl groups is 1. The number of hydrogen-bond donors (Lipinski definition) is 2. The molecule has 2 spiro atoms. The van der Waals surface area contributed by atoms with Crippen molar-refractivity contribution in [2.24, 2.45) is 22.7 Å². The highest BCUT2D eigenvalue weighted by Crippen LogP contribution is 2.76. The van der Waals surface area contributed by atoms with Gasteiger partial charge in [-0.15, -0.1) is 0 Å². The van der Waals surface area contributed by atoms with E-state index in [1.165, 1.54) is 24.0 Å². The van der Waals surface area contributed by atoms with Crippen LogP contribution in [0.5, 0.6) is 11.5 Å². The van der Waals surface area contributed by atoms with Crippen molar-refractivity contribution in [1.82, 2.24) is 5.32 Å². The molecule has 7 rings (SSSR count). The van der Waals surface area contributed by atoms with Crippen LogP contribution in [0.1, 0.15) is 64.5 Å². The molecule has 158 valence electrons. The number of phenols is 1. The predicted molar refractivity (Wildman–Crippen MR) is 112 cm³/mol. The summed E-state index contributed by atoms with van der Waals surface area (Å²) in [4.78, 5) is 0. The maximum atomic E-state index is 10.8. The third-order valence-corrected chi connectivity index (χ3v) is 10.2. The van der Waals surface area contributed by atoms with Gasteiger partial charge in [-0.1, -0.05) is 33.8 Å². The summed E-state index contributed by atoms with van der Waals surface area (Å²) in [5, 5.41) is 14.7. The molecule has 5 unspecified atom stereocenters. The zero-order chi connectivity index (χ0) is 20.4. The second-order valence-electron chi connectivity index (χ2n) is 11.7. The van der Waals surface area contributed by atoms with E-state index < -0.39 is 0 Å². The van der Waals surface area contributed by atoms with Crippen molar-refractivity contribution in [3.8, 4) is 11.5 Å². The average Bonchev–Trinajstić information content (AvgIpc) is 3.04. The lowest BCUT2D eigenvalue weighted by Gasteiger charge is -2.73. The van der Waals surface area contributed by atoms with Gasteiger partial charge in [0.15, 0.2) is 11.5 Å². The van der Waals surface area contributed by atoms with Crippen molar-refractivity contribution < 1.29 is 14.6 Å². The first-order valence-electron chi connectivity index (χ1n) is 11.5. The van der Waals surface area contributed by atoms with Gasteiger partial charge in [0.1, 0.15) is 11.7 Å². The minimum atomic E-state index is -0.281. The van der Waals surface area contributed by atoms with Gasteiger partial charge in [-0.2, -0.15) is 0 Å². The standard InChI is InChI=1S/C25H35NO3/c1-14(22(2,3)4)16-13-23-8-9-25(16,28-5)21-24(23)10-11-26-18(23)12-15-6-7-17(27)20(29-21)19(15)24/h6-7,14,16,18,21,26-27H,8-13H2,1-5H3/t14?,16-,18?,21?,23?,24?,25-/m1/s1. The summed E-state index contributed by atoms with van der Waals surface area (Å²) in [6, 6.07) is 4.48. The zero-order valence-electron chi connectivity index (χ0n) is 18.5. The smallest absolute Gasteiger partial charge is 0.165 e. The third-order valence-electron chi connectivity index (χ3n) is 10.2. The highest BCUT2D eigenvalue weighted by Gasteiger charge is 2.80. The van der Waals surface area contributed by atoms with Crippen molar-refractivity contribution in [2.75, 3.05) is 13.7 Å². The molecule has 2 N–H and O–H groups in total. The van der Waals surface area contributed by atoms with E-state index in [0.717, 1.165) is 31.6 Å². The Labute approximate surface area is 174 Å². The third kappa shape index (κ3) is 1.82. The zero-order valence-corrected chi connectivity index (χ0v) is 18.5. The number of phenolic OH excluding ortho intramolecular Hbond substituents is 1. The molecule has 1 aromatic rings. The molecule has 29 heavy (non-hydrogen) atoms. The van der Waals surface area contributed by atoms with Crippen LogP contribution in [0, 0.1) is 22.7 Å². The summed E-state index contributed by atoms with van der Waals surface area (Å²) in [7, 11) is 1.91. The Morgan fingerprint density at radius 1 is 1.24 bits per heavy atom. The molecule has 4 heteroatoms. The minimum Gasteiger partial charge on any atom is -0.504 e. The quantitative estimate of drug-likeness (QED) is 0.786. The van der Waals surface area contributed by atoms with Gasteiger partial charge in [0, 0.05) is 29.5 Å². The fourth-order valence-corrected chi connectivity index (χ4v) is 8.59. The molecular formula is C25H35NO3. The van der Waals surface area contributed by atoms with E-state index >= 15 is 0 Å². The molecule has 2 aliphatic heterocycles. The Hall–Kier alpha value is -1.26. The topological polar surface area (TPSA) is 50.7 Å². The molecule has 4 fully saturated rings. The number of piperidine rings is 1. The molecule has 6 aliphatic rings. The van der Waals surface area contributed by atoms with Crippen LogP contribution in [0.25, 0.3) is 0 Å². The predicted octanol–water partition coefficient (Wildman–Crippen LogP) is 4.18. The summed E-state index contributed by atoms with van der Waals surface area (Å²) in [6.07, 6.45) is 5.59. The summed E-state index contributed by atoms with van der Waals surface area (Å²) >= 11 is 0. The van der Waals surface area contributed by atoms with E-state index in [1.807, 2.05) is 13.2 Å². The first-order chi connectivity index (χ1) is 13.7. The molecule has 4 aliphatic carbocycles. The number of nitrogens with one attached hydrogen (secondary N) is 1. The van der Waals surface area contributed by atoms with E-state index in [2.05, 4.69) is 39.1 Å². The fourth-order valence-electron chi connectivity index (χ4n) is 8.59. The van der Waals surface area contributed by atoms with E-state index in [4.69, 9.17) is 9.47 Å². The summed E-state index contributed by atoms with van der Waals surface area (Å²) in [5.74, 6) is 2.06. The SMILES string of the molecule is CO[C@]12CCC3(C[C@@H]1C(C)C(C)(C)C)C1Cc4ccc(O)c5c4C3(CCN1)C2O5. The van der Waals surface area contributed by atoms with Gasteiger partial charge >= 0.3 is 0 Å². The van der Waals surface area contributed by atoms with Gasteiger partial charge in [0.2, 0.25) is 0 Å². The maximum Gasteiger partial charge on any atom is 0.165 e. The number of rotatable bonds is 2. The Balaban J connectivity index is 1.63. The maximum absolute atomic E-state index is 10.8. The van der Waals surface area contributed by atoms with Crippen LogP contribution < -0.4 is 10.1 Å². The van der Waals surface area contributed by atoms with Crippen LogP contribution in [0.3, 0.4) is 0 Å². The first-order valence-corrected chi connectivity index (χ1v) is 11.5. The van der Waals surface area contributed by atoms with Crippen LogP contribution in [-0.4, -0.2) is 36.5 Å². The number of methoxy groups -OCH3 is 1. The molecule has 4 nitrogen and oxygen atoms in total. The van der Waals surface area contributed by atoms with E-state index in [9.17, 15) is 5.11 Å². The first kappa shape index (κ1) is 18.5. The van der Waals surface area contributed by atoms with Crippen molar-refractivity contribution in [3.05, 3.63) is 23.3 Å². The molecule has 0 amide bonds. The Morgan fingerprint density at radius 2 is 2.03 bits per heavy atom. The second kappa shape index (κ2) is 5.31. The second-order valence-corrected chi connectivity index (χ2v) is 11.7. The van der Waals surface area contributed by atoms with Gasteiger partial charge in [0.25, 0.3) is 0 Å². The Bertz CT molecular complexity index is 891. The number of fused-ring (bicyclic) bond motifs is 2. The van der Waals surface area contributed by atoms with E-state index in [1.54, 1.807) is 0 Å². The normalized spacial score (nSPS) is 44.9. The number of benzene rings is 1. The van der Waals surface area contributed by atoms with Crippen molar-refractivity contribution >= 4 is 0 Å². The van der Waals surface area contributed by atoms with Crippen molar-refractivity contribution in [2.45, 2.75) is 83.0 Å². The van der Waals surface area contributed by atoms with Gasteiger partial charge in [-0.05, 0) is 67.5 Å². The van der Waals surface area contributed by atoms with Crippen LogP contribution in [0.15, 0.2) is 12.1 Å². The molecule has 3 saturated carbocycles. The molecule has 2 heterocycles. The lowest BCUT2D eigenvalue weighted by molar-refractivity contribution is -0.277. The molecule has 1 aromatic carbocycles. The average molecular weight is 398 g/mol. The van der Waals surface area contributed by atoms with E-state index in [0.29, 0.717) is 23.6 Å². The minimum absolute atomic E-state index is 0.00394. The summed E-state index contributed by atoms with van der Waals surface area (Å²) in [5.41, 5.74) is 2.83. The largest absolute Gasteiger partial charge is 0.504 e. The van der Waals surface area contributed by atoms with Crippen LogP contribution in [0.2, 0.25) is 0 Å². The number of ether oxygens (including phenoxy) is 2. The molecule has 0 aromatic heterocycles. The monoisotopic (exact) mass is 397 g/mol. The Kier molecular flexibility index (Phi) is 3.39. The highest BCUT2D eigenvalue weighted by atomic mass is 16.6. The number of hydrogen-bond acceptors (Lipinski definition) is 4. The van der Waals surface area contributed by atoms with Gasteiger partial charge in [0.05, 0.1) is 0 Å². The van der Waals surface area contributed by atoms with E-state index in [-0.39, 0.29) is 27.9 Å². The van der Waals surface area contributed by atoms with Crippen LogP contribution in [0.4, 0.5) is 0 Å². The van der Waals surface area contributed by atoms with Gasteiger partial charge in [-0.25, -0.2) is 0 Å². The molecule has 1 saturated heterocycles. The summed E-state index contributed by atoms with van der Waals surface area (Å²) < 4.78 is 13.4. The van der Waals surface area contributed by atoms with Crippen LogP contribution >= 0.6 is 0 Å². The summed E-state index contributed by atoms with van der Waals surface area (Å²) in [6.45, 7) is 10.5. The lowest BCUT2D eigenvalue weighted by Crippen LogP contribution is -2.81. The Morgan fingerprint density at radius 3 is 2.76 bits per heavy atom. The van der Waals surface area contributed by atoms with Gasteiger partial charge in [-0.3, -0.25) is 0 Å². The van der Waals surface area contributed by atoms with Crippen molar-refractivity contribution in [3.63, 3.8) is 0 Å². The molecule has 0 radical (unpaired) electrons.